The van der Waals surface area contributed by atoms with Crippen molar-refractivity contribution < 1.29 is 4.39 Å². The van der Waals surface area contributed by atoms with Gasteiger partial charge >= 0.3 is 0 Å². The summed E-state index contributed by atoms with van der Waals surface area (Å²) in [5, 5.41) is 0.948. The lowest BCUT2D eigenvalue weighted by molar-refractivity contribution is 0.475. The molecule has 2 aromatic rings. The van der Waals surface area contributed by atoms with Crippen LogP contribution in [0.1, 0.15) is 18.1 Å². The van der Waals surface area contributed by atoms with E-state index in [-0.39, 0.29) is 12.2 Å². The maximum absolute atomic E-state index is 13.8. The number of nitrogens with two attached hydrogens (primary N) is 1. The van der Waals surface area contributed by atoms with Gasteiger partial charge in [0.05, 0.1) is 0 Å². The standard InChI is InChI=1S/C15H14Cl2FN/c1-15(19,11-5-2-3-6-13(11)17)9-10-12(16)7-4-8-14(10)18/h2-8H,9,19H2,1H3. The minimum atomic E-state index is -0.788. The summed E-state index contributed by atoms with van der Waals surface area (Å²) >= 11 is 12.2. The average Bonchev–Trinajstić information content (AvgIpc) is 2.34. The van der Waals surface area contributed by atoms with E-state index in [1.54, 1.807) is 18.2 Å². The van der Waals surface area contributed by atoms with E-state index in [1.807, 2.05) is 25.1 Å². The van der Waals surface area contributed by atoms with Gasteiger partial charge in [-0.15, -0.1) is 0 Å². The fourth-order valence-corrected chi connectivity index (χ4v) is 2.67. The topological polar surface area (TPSA) is 26.0 Å². The Kier molecular flexibility index (Phi) is 4.14. The molecule has 0 saturated heterocycles. The Balaban J connectivity index is 2.39. The van der Waals surface area contributed by atoms with Crippen LogP contribution >= 0.6 is 23.2 Å². The van der Waals surface area contributed by atoms with E-state index in [4.69, 9.17) is 28.9 Å². The molecule has 1 atom stereocenters. The van der Waals surface area contributed by atoms with Crippen molar-refractivity contribution in [2.45, 2.75) is 18.9 Å². The first-order chi connectivity index (χ1) is 8.92. The molecule has 0 radical (unpaired) electrons. The van der Waals surface area contributed by atoms with Crippen molar-refractivity contribution in [3.63, 3.8) is 0 Å². The highest BCUT2D eigenvalue weighted by atomic mass is 35.5. The zero-order chi connectivity index (χ0) is 14.0. The van der Waals surface area contributed by atoms with E-state index < -0.39 is 5.54 Å². The molecule has 2 rings (SSSR count). The van der Waals surface area contributed by atoms with Gasteiger partial charge in [-0.2, -0.15) is 0 Å². The molecular formula is C15H14Cl2FN. The molecular weight excluding hydrogens is 284 g/mol. The smallest absolute Gasteiger partial charge is 0.127 e. The average molecular weight is 298 g/mol. The van der Waals surface area contributed by atoms with Gasteiger partial charge in [0.2, 0.25) is 0 Å². The van der Waals surface area contributed by atoms with Crippen molar-refractivity contribution in [3.8, 4) is 0 Å². The summed E-state index contributed by atoms with van der Waals surface area (Å²) in [6, 6.07) is 11.9. The first-order valence-corrected chi connectivity index (χ1v) is 6.64. The summed E-state index contributed by atoms with van der Waals surface area (Å²) < 4.78 is 13.8. The van der Waals surface area contributed by atoms with E-state index in [9.17, 15) is 4.39 Å². The zero-order valence-corrected chi connectivity index (χ0v) is 12.0. The molecule has 0 heterocycles. The lowest BCUT2D eigenvalue weighted by Crippen LogP contribution is -2.36. The quantitative estimate of drug-likeness (QED) is 0.884. The molecule has 0 aliphatic carbocycles. The van der Waals surface area contributed by atoms with Gasteiger partial charge < -0.3 is 5.73 Å². The molecule has 0 amide bonds. The zero-order valence-electron chi connectivity index (χ0n) is 10.5. The Morgan fingerprint density at radius 3 is 2.32 bits per heavy atom. The second kappa shape index (κ2) is 5.49. The van der Waals surface area contributed by atoms with Crippen LogP contribution in [0.4, 0.5) is 4.39 Å². The first-order valence-electron chi connectivity index (χ1n) is 5.88. The predicted molar refractivity (Wildman–Crippen MR) is 78.1 cm³/mol. The van der Waals surface area contributed by atoms with Crippen molar-refractivity contribution in [1.29, 1.82) is 0 Å². The Bertz CT molecular complexity index is 576. The molecule has 0 saturated carbocycles. The molecule has 0 fully saturated rings. The molecule has 0 bridgehead atoms. The van der Waals surface area contributed by atoms with Crippen LogP contribution in [0, 0.1) is 5.82 Å². The molecule has 19 heavy (non-hydrogen) atoms. The molecule has 2 aromatic carbocycles. The van der Waals surface area contributed by atoms with Crippen molar-refractivity contribution in [1.82, 2.24) is 0 Å². The molecule has 1 unspecified atom stereocenters. The minimum absolute atomic E-state index is 0.280. The van der Waals surface area contributed by atoms with Crippen molar-refractivity contribution >= 4 is 23.2 Å². The molecule has 1 nitrogen and oxygen atoms in total. The highest BCUT2D eigenvalue weighted by Crippen LogP contribution is 2.31. The van der Waals surface area contributed by atoms with Crippen molar-refractivity contribution in [2.75, 3.05) is 0 Å². The maximum Gasteiger partial charge on any atom is 0.127 e. The van der Waals surface area contributed by atoms with Crippen molar-refractivity contribution in [2.24, 2.45) is 5.73 Å². The van der Waals surface area contributed by atoms with E-state index in [0.29, 0.717) is 15.6 Å². The predicted octanol–water partition coefficient (Wildman–Crippen LogP) is 4.55. The number of benzene rings is 2. The van der Waals surface area contributed by atoms with E-state index in [2.05, 4.69) is 0 Å². The minimum Gasteiger partial charge on any atom is -0.321 e. The molecule has 0 aliphatic rings. The van der Waals surface area contributed by atoms with Gasteiger partial charge in [-0.05, 0) is 37.1 Å². The van der Waals surface area contributed by atoms with Gasteiger partial charge in [-0.1, -0.05) is 47.5 Å². The summed E-state index contributed by atoms with van der Waals surface area (Å²) in [7, 11) is 0. The Morgan fingerprint density at radius 1 is 1.05 bits per heavy atom. The normalized spacial score (nSPS) is 14.2. The van der Waals surface area contributed by atoms with Gasteiger partial charge in [-0.3, -0.25) is 0 Å². The van der Waals surface area contributed by atoms with Gasteiger partial charge in [0.25, 0.3) is 0 Å². The van der Waals surface area contributed by atoms with Gasteiger partial charge in [-0.25, -0.2) is 4.39 Å². The second-order valence-electron chi connectivity index (χ2n) is 4.77. The van der Waals surface area contributed by atoms with Crippen LogP contribution in [-0.2, 0) is 12.0 Å². The van der Waals surface area contributed by atoms with E-state index in [1.165, 1.54) is 6.07 Å². The van der Waals surface area contributed by atoms with Crippen molar-refractivity contribution in [3.05, 3.63) is 69.5 Å². The molecule has 4 heteroatoms. The fourth-order valence-electron chi connectivity index (χ4n) is 2.09. The van der Waals surface area contributed by atoms with Crippen LogP contribution in [0.5, 0.6) is 0 Å². The summed E-state index contributed by atoms with van der Waals surface area (Å²) in [5.41, 5.74) is 6.70. The highest BCUT2D eigenvalue weighted by Gasteiger charge is 2.26. The molecule has 2 N–H and O–H groups in total. The third-order valence-electron chi connectivity index (χ3n) is 3.09. The number of rotatable bonds is 3. The fraction of sp³-hybridized carbons (Fsp3) is 0.200. The summed E-state index contributed by atoms with van der Waals surface area (Å²) in [6.07, 6.45) is 0.280. The number of hydrogen-bond acceptors (Lipinski definition) is 1. The van der Waals surface area contributed by atoms with E-state index >= 15 is 0 Å². The Morgan fingerprint density at radius 2 is 1.68 bits per heavy atom. The maximum atomic E-state index is 13.8. The van der Waals surface area contributed by atoms with Crippen LogP contribution < -0.4 is 5.73 Å². The van der Waals surface area contributed by atoms with Gasteiger partial charge in [0.15, 0.2) is 0 Å². The van der Waals surface area contributed by atoms with Gasteiger partial charge in [0.1, 0.15) is 5.82 Å². The Hall–Kier alpha value is -1.09. The summed E-state index contributed by atoms with van der Waals surface area (Å²) in [6.45, 7) is 1.82. The number of hydrogen-bond donors (Lipinski definition) is 1. The van der Waals surface area contributed by atoms with Crippen LogP contribution in [0.3, 0.4) is 0 Å². The lowest BCUT2D eigenvalue weighted by atomic mass is 9.86. The van der Waals surface area contributed by atoms with Crippen LogP contribution in [-0.4, -0.2) is 0 Å². The third kappa shape index (κ3) is 3.08. The van der Waals surface area contributed by atoms with Gasteiger partial charge in [0, 0.05) is 21.1 Å². The highest BCUT2D eigenvalue weighted by molar-refractivity contribution is 6.31. The number of halogens is 3. The molecule has 100 valence electrons. The van der Waals surface area contributed by atoms with Crippen LogP contribution in [0.2, 0.25) is 10.0 Å². The summed E-state index contributed by atoms with van der Waals surface area (Å²) in [5.74, 6) is -0.351. The second-order valence-corrected chi connectivity index (χ2v) is 5.59. The first kappa shape index (κ1) is 14.3. The SMILES string of the molecule is CC(N)(Cc1c(F)cccc1Cl)c1ccccc1Cl. The molecule has 0 aromatic heterocycles. The third-order valence-corrected chi connectivity index (χ3v) is 3.78. The molecule has 0 spiro atoms. The summed E-state index contributed by atoms with van der Waals surface area (Å²) in [4.78, 5) is 0. The van der Waals surface area contributed by atoms with Crippen LogP contribution in [0.15, 0.2) is 42.5 Å². The van der Waals surface area contributed by atoms with Crippen LogP contribution in [0.25, 0.3) is 0 Å². The monoisotopic (exact) mass is 297 g/mol. The largest absolute Gasteiger partial charge is 0.321 e. The Labute approximate surface area is 122 Å². The lowest BCUT2D eigenvalue weighted by Gasteiger charge is -2.27. The molecule has 0 aliphatic heterocycles. The van der Waals surface area contributed by atoms with E-state index in [0.717, 1.165) is 5.56 Å².